The number of hydrogen-bond acceptors (Lipinski definition) is 7. The molecule has 0 saturated carbocycles. The van der Waals surface area contributed by atoms with Crippen molar-refractivity contribution in [1.29, 1.82) is 0 Å². The predicted octanol–water partition coefficient (Wildman–Crippen LogP) is 4.82. The molecule has 9 heteroatoms. The van der Waals surface area contributed by atoms with E-state index in [1.165, 1.54) is 24.9 Å². The van der Waals surface area contributed by atoms with Crippen LogP contribution in [-0.2, 0) is 16.0 Å². The summed E-state index contributed by atoms with van der Waals surface area (Å²) in [5.74, 6) is -0.923. The van der Waals surface area contributed by atoms with Crippen LogP contribution < -0.4 is 10.5 Å². The summed E-state index contributed by atoms with van der Waals surface area (Å²) in [6, 6.07) is 16.6. The number of phenols is 1. The van der Waals surface area contributed by atoms with Crippen molar-refractivity contribution < 1.29 is 29.3 Å². The summed E-state index contributed by atoms with van der Waals surface area (Å²) in [6.07, 6.45) is 2.52. The lowest BCUT2D eigenvalue weighted by Crippen LogP contribution is -2.16. The fourth-order valence-electron chi connectivity index (χ4n) is 2.69. The van der Waals surface area contributed by atoms with Crippen molar-refractivity contribution in [2.75, 3.05) is 7.11 Å². The van der Waals surface area contributed by atoms with Crippen molar-refractivity contribution in [3.05, 3.63) is 82.6 Å². The normalized spacial score (nSPS) is 10.5. The third-order valence-electron chi connectivity index (χ3n) is 4.43. The fraction of sp³-hybridized carbons (Fsp3) is 0.269. The van der Waals surface area contributed by atoms with Gasteiger partial charge in [-0.3, -0.25) is 9.59 Å². The molecule has 1 atom stereocenters. The van der Waals surface area contributed by atoms with Gasteiger partial charge in [0.15, 0.2) is 17.2 Å². The van der Waals surface area contributed by atoms with Gasteiger partial charge in [-0.15, -0.1) is 0 Å². The topological polar surface area (TPSA) is 132 Å². The lowest BCUT2D eigenvalue weighted by atomic mass is 10.1. The number of hydrogen-bond donors (Lipinski definition) is 3. The molecular weight excluding hydrogens is 472 g/mol. The number of phenolic OH excluding ortho intramolecular Hbond substituents is 1. The number of nitrogens with zero attached hydrogens (tertiary/aromatic N) is 1. The number of amides is 1. The monoisotopic (exact) mass is 502 g/mol. The van der Waals surface area contributed by atoms with Gasteiger partial charge in [0, 0.05) is 25.1 Å². The van der Waals surface area contributed by atoms with Crippen molar-refractivity contribution in [3.8, 4) is 17.2 Å². The number of aromatic hydroxyl groups is 2. The Labute approximate surface area is 210 Å². The smallest absolute Gasteiger partial charge is 0.305 e. The molecule has 0 aliphatic rings. The summed E-state index contributed by atoms with van der Waals surface area (Å²) in [6.45, 7) is 5.64. The number of aromatic nitrogens is 1. The van der Waals surface area contributed by atoms with Crippen molar-refractivity contribution in [1.82, 2.24) is 4.98 Å². The summed E-state index contributed by atoms with van der Waals surface area (Å²) in [5, 5.41) is 18.6. The molecule has 4 N–H and O–H groups in total. The van der Waals surface area contributed by atoms with Gasteiger partial charge in [0.05, 0.1) is 12.1 Å². The quantitative estimate of drug-likeness (QED) is 0.411. The third-order valence-corrected chi connectivity index (χ3v) is 4.73. The van der Waals surface area contributed by atoms with Gasteiger partial charge in [0.25, 0.3) is 5.91 Å². The van der Waals surface area contributed by atoms with Crippen LogP contribution in [0.1, 0.15) is 41.9 Å². The van der Waals surface area contributed by atoms with Gasteiger partial charge in [0.1, 0.15) is 11.9 Å². The van der Waals surface area contributed by atoms with E-state index in [0.717, 1.165) is 12.0 Å². The summed E-state index contributed by atoms with van der Waals surface area (Å²) >= 11 is 5.56. The number of rotatable bonds is 6. The number of aryl methyl sites for hydroxylation is 1. The number of carbonyl (C=O) groups is 2. The molecule has 0 saturated heterocycles. The number of halogens is 1. The number of methoxy groups -OCH3 is 1. The largest absolute Gasteiger partial charge is 0.506 e. The van der Waals surface area contributed by atoms with Gasteiger partial charge in [-0.2, -0.15) is 0 Å². The zero-order valence-electron chi connectivity index (χ0n) is 20.2. The molecule has 1 aromatic heterocycles. The zero-order chi connectivity index (χ0) is 26.4. The van der Waals surface area contributed by atoms with Gasteiger partial charge in [0.2, 0.25) is 0 Å². The van der Waals surface area contributed by atoms with Crippen LogP contribution >= 0.6 is 11.6 Å². The Hall–Kier alpha value is -3.78. The highest BCUT2D eigenvalue weighted by Crippen LogP contribution is 2.26. The minimum absolute atomic E-state index is 0.0372. The van der Waals surface area contributed by atoms with E-state index < -0.39 is 5.91 Å². The average molecular weight is 503 g/mol. The van der Waals surface area contributed by atoms with Crippen LogP contribution in [0.15, 0.2) is 60.8 Å². The van der Waals surface area contributed by atoms with E-state index in [1.54, 1.807) is 25.1 Å². The zero-order valence-corrected chi connectivity index (χ0v) is 21.0. The number of ether oxygens (including phenoxy) is 2. The lowest BCUT2D eigenvalue weighted by molar-refractivity contribution is -0.147. The molecule has 0 fully saturated rings. The Morgan fingerprint density at radius 2 is 1.77 bits per heavy atom. The van der Waals surface area contributed by atoms with Crippen LogP contribution in [0, 0.1) is 6.92 Å². The molecule has 1 amide bonds. The minimum atomic E-state index is -0.786. The number of carbonyl (C=O) groups excluding carboxylic acids is 2. The first-order chi connectivity index (χ1) is 16.6. The van der Waals surface area contributed by atoms with Crippen molar-refractivity contribution in [2.45, 2.75) is 39.7 Å². The molecule has 2 aromatic carbocycles. The molecule has 0 radical (unpaired) electrons. The molecule has 3 rings (SSSR count). The van der Waals surface area contributed by atoms with Crippen molar-refractivity contribution >= 4 is 23.5 Å². The molecule has 1 unspecified atom stereocenters. The summed E-state index contributed by atoms with van der Waals surface area (Å²) in [7, 11) is 1.37. The molecule has 3 aromatic rings. The maximum absolute atomic E-state index is 11.0. The Morgan fingerprint density at radius 1 is 1.11 bits per heavy atom. The van der Waals surface area contributed by atoms with Crippen LogP contribution in [0.2, 0.25) is 5.02 Å². The van der Waals surface area contributed by atoms with Gasteiger partial charge in [-0.05, 0) is 37.1 Å². The molecule has 0 aliphatic carbocycles. The highest BCUT2D eigenvalue weighted by molar-refractivity contribution is 6.32. The van der Waals surface area contributed by atoms with E-state index in [2.05, 4.69) is 4.98 Å². The van der Waals surface area contributed by atoms with Crippen molar-refractivity contribution in [2.24, 2.45) is 5.73 Å². The molecule has 8 nitrogen and oxygen atoms in total. The van der Waals surface area contributed by atoms with Crippen LogP contribution in [0.3, 0.4) is 0 Å². The van der Waals surface area contributed by atoms with Crippen molar-refractivity contribution in [3.63, 3.8) is 0 Å². The SMILES string of the molecule is CCC(=O)OC(C)Cc1ccccc1.COc1ccnc(C(N)=O)c1O.Cc1ccc(O)c(Cl)c1. The highest BCUT2D eigenvalue weighted by Gasteiger charge is 2.12. The van der Waals surface area contributed by atoms with Crippen LogP contribution in [0.25, 0.3) is 0 Å². The Morgan fingerprint density at radius 3 is 2.29 bits per heavy atom. The molecule has 188 valence electrons. The molecule has 0 bridgehead atoms. The van der Waals surface area contributed by atoms with Gasteiger partial charge in [-0.1, -0.05) is 54.9 Å². The van der Waals surface area contributed by atoms with E-state index in [0.29, 0.717) is 11.4 Å². The maximum Gasteiger partial charge on any atom is 0.305 e. The minimum Gasteiger partial charge on any atom is -0.506 e. The first-order valence-corrected chi connectivity index (χ1v) is 11.2. The summed E-state index contributed by atoms with van der Waals surface area (Å²) in [4.78, 5) is 25.2. The summed E-state index contributed by atoms with van der Waals surface area (Å²) in [5.41, 5.74) is 6.99. The molecule has 0 aliphatic heterocycles. The lowest BCUT2D eigenvalue weighted by Gasteiger charge is -2.12. The Kier molecular flexibility index (Phi) is 12.7. The van der Waals surface area contributed by atoms with E-state index in [-0.39, 0.29) is 35.0 Å². The Bertz CT molecular complexity index is 1090. The van der Waals surface area contributed by atoms with E-state index in [4.69, 9.17) is 31.9 Å². The number of nitrogens with two attached hydrogens (primary N) is 1. The second-order valence-corrected chi connectivity index (χ2v) is 7.78. The second-order valence-electron chi connectivity index (χ2n) is 7.37. The highest BCUT2D eigenvalue weighted by atomic mass is 35.5. The number of esters is 1. The van der Waals surface area contributed by atoms with Crippen LogP contribution in [-0.4, -0.2) is 40.3 Å². The third kappa shape index (κ3) is 10.8. The van der Waals surface area contributed by atoms with Gasteiger partial charge in [-0.25, -0.2) is 4.98 Å². The number of benzene rings is 2. The standard InChI is InChI=1S/C12H16O2.C7H7ClO.C7H8N2O3/c1-3-12(13)14-10(2)9-11-7-5-4-6-8-11;1-5-2-3-7(9)6(8)4-5;1-12-4-2-3-9-5(6(4)10)7(8)11/h4-8,10H,3,9H2,1-2H3;2-4,9H,1H3;2-3,10H,1H3,(H2,8,11). The van der Waals surface area contributed by atoms with E-state index in [9.17, 15) is 14.7 Å². The predicted molar refractivity (Wildman–Crippen MR) is 135 cm³/mol. The number of pyridine rings is 1. The first kappa shape index (κ1) is 29.3. The van der Waals surface area contributed by atoms with Crippen LogP contribution in [0.4, 0.5) is 0 Å². The fourth-order valence-corrected chi connectivity index (χ4v) is 2.92. The first-order valence-electron chi connectivity index (χ1n) is 10.8. The van der Waals surface area contributed by atoms with E-state index >= 15 is 0 Å². The van der Waals surface area contributed by atoms with Gasteiger partial charge >= 0.3 is 5.97 Å². The number of primary amides is 1. The van der Waals surface area contributed by atoms with E-state index in [1.807, 2.05) is 44.2 Å². The summed E-state index contributed by atoms with van der Waals surface area (Å²) < 4.78 is 9.90. The van der Waals surface area contributed by atoms with Gasteiger partial charge < -0.3 is 25.4 Å². The average Bonchev–Trinajstić information content (AvgIpc) is 2.83. The molecule has 35 heavy (non-hydrogen) atoms. The molecular formula is C26H31ClN2O6. The maximum atomic E-state index is 11.0. The second kappa shape index (κ2) is 15.2. The molecule has 0 spiro atoms. The Balaban J connectivity index is 0.000000269. The van der Waals surface area contributed by atoms with Crippen LogP contribution in [0.5, 0.6) is 17.2 Å². The molecule has 1 heterocycles.